The van der Waals surface area contributed by atoms with Gasteiger partial charge in [0.05, 0.1) is 17.3 Å². The first-order chi connectivity index (χ1) is 12.6. The summed E-state index contributed by atoms with van der Waals surface area (Å²) in [5.41, 5.74) is 4.35. The number of carbonyl (C=O) groups is 2. The fourth-order valence-electron chi connectivity index (χ4n) is 3.24. The molecule has 5 nitrogen and oxygen atoms in total. The zero-order chi connectivity index (χ0) is 18.5. The summed E-state index contributed by atoms with van der Waals surface area (Å²) in [6.07, 6.45) is 4.59. The highest BCUT2D eigenvalue weighted by molar-refractivity contribution is 6.39. The molecule has 1 aliphatic carbocycles. The van der Waals surface area contributed by atoms with Gasteiger partial charge in [-0.1, -0.05) is 30.3 Å². The number of amides is 2. The average Bonchev–Trinajstić information content (AvgIpc) is 2.67. The topological polar surface area (TPSA) is 82.0 Å². The van der Waals surface area contributed by atoms with E-state index < -0.39 is 11.8 Å². The van der Waals surface area contributed by atoms with Crippen LogP contribution in [0.15, 0.2) is 42.5 Å². The average molecular weight is 347 g/mol. The lowest BCUT2D eigenvalue weighted by atomic mass is 9.89. The number of hydrogen-bond acceptors (Lipinski definition) is 3. The Hall–Kier alpha value is -3.13. The minimum absolute atomic E-state index is 0.272. The number of fused-ring (bicyclic) bond motifs is 1. The molecule has 1 atom stereocenters. The van der Waals surface area contributed by atoms with Crippen LogP contribution in [0, 0.1) is 11.3 Å². The van der Waals surface area contributed by atoms with E-state index in [1.54, 1.807) is 24.3 Å². The molecule has 0 bridgehead atoms. The molecular formula is C21H21N3O2. The van der Waals surface area contributed by atoms with Crippen molar-refractivity contribution in [2.45, 2.75) is 38.6 Å². The van der Waals surface area contributed by atoms with Crippen LogP contribution < -0.4 is 10.6 Å². The maximum Gasteiger partial charge on any atom is 0.313 e. The summed E-state index contributed by atoms with van der Waals surface area (Å²) in [6, 6.07) is 14.6. The molecule has 132 valence electrons. The first kappa shape index (κ1) is 17.7. The molecule has 2 amide bonds. The Morgan fingerprint density at radius 2 is 1.77 bits per heavy atom. The standard InChI is InChI=1S/C21H21N3O2/c1-14(16-11-10-15-6-2-3-7-17(15)12-16)23-20(25)21(26)24-19-9-5-4-8-18(19)13-22/h4-5,8-12,14H,2-3,6-7H2,1H3,(H,23,25)(H,24,26). The zero-order valence-corrected chi connectivity index (χ0v) is 14.7. The van der Waals surface area contributed by atoms with Gasteiger partial charge in [-0.05, 0) is 61.4 Å². The molecule has 0 radical (unpaired) electrons. The summed E-state index contributed by atoms with van der Waals surface area (Å²) < 4.78 is 0. The van der Waals surface area contributed by atoms with Crippen molar-refractivity contribution in [3.63, 3.8) is 0 Å². The first-order valence-corrected chi connectivity index (χ1v) is 8.81. The number of benzene rings is 2. The first-order valence-electron chi connectivity index (χ1n) is 8.81. The van der Waals surface area contributed by atoms with Gasteiger partial charge in [-0.3, -0.25) is 9.59 Å². The fraction of sp³-hybridized carbons (Fsp3) is 0.286. The van der Waals surface area contributed by atoms with Crippen LogP contribution >= 0.6 is 0 Å². The Bertz CT molecular complexity index is 883. The normalized spacial score (nSPS) is 13.8. The van der Waals surface area contributed by atoms with E-state index in [1.165, 1.54) is 24.0 Å². The summed E-state index contributed by atoms with van der Waals surface area (Å²) in [6.45, 7) is 1.86. The molecule has 0 saturated heterocycles. The van der Waals surface area contributed by atoms with Crippen LogP contribution in [-0.4, -0.2) is 11.8 Å². The molecule has 0 heterocycles. The van der Waals surface area contributed by atoms with Crippen molar-refractivity contribution in [1.29, 1.82) is 5.26 Å². The van der Waals surface area contributed by atoms with E-state index in [0.717, 1.165) is 18.4 Å². The maximum absolute atomic E-state index is 12.2. The monoisotopic (exact) mass is 347 g/mol. The summed E-state index contributed by atoms with van der Waals surface area (Å²) in [7, 11) is 0. The van der Waals surface area contributed by atoms with Crippen LogP contribution in [0.3, 0.4) is 0 Å². The van der Waals surface area contributed by atoms with Crippen LogP contribution in [0.1, 0.15) is 48.1 Å². The van der Waals surface area contributed by atoms with Gasteiger partial charge in [0.15, 0.2) is 0 Å². The molecule has 2 aromatic rings. The van der Waals surface area contributed by atoms with E-state index in [2.05, 4.69) is 22.8 Å². The second-order valence-electron chi connectivity index (χ2n) is 6.54. The van der Waals surface area contributed by atoms with Gasteiger partial charge in [-0.15, -0.1) is 0 Å². The molecule has 0 saturated carbocycles. The van der Waals surface area contributed by atoms with E-state index in [0.29, 0.717) is 11.3 Å². The molecule has 0 fully saturated rings. The Balaban J connectivity index is 1.65. The zero-order valence-electron chi connectivity index (χ0n) is 14.7. The molecule has 5 heteroatoms. The third kappa shape index (κ3) is 3.92. The van der Waals surface area contributed by atoms with Crippen molar-refractivity contribution >= 4 is 17.5 Å². The van der Waals surface area contributed by atoms with Crippen molar-refractivity contribution in [2.24, 2.45) is 0 Å². The SMILES string of the molecule is CC(NC(=O)C(=O)Nc1ccccc1C#N)c1ccc2c(c1)CCCC2. The molecular weight excluding hydrogens is 326 g/mol. The summed E-state index contributed by atoms with van der Waals surface area (Å²) in [5, 5.41) is 14.3. The van der Waals surface area contributed by atoms with Crippen LogP contribution in [-0.2, 0) is 22.4 Å². The van der Waals surface area contributed by atoms with Gasteiger partial charge in [0.1, 0.15) is 6.07 Å². The third-order valence-electron chi connectivity index (χ3n) is 4.72. The van der Waals surface area contributed by atoms with Gasteiger partial charge in [0, 0.05) is 0 Å². The van der Waals surface area contributed by atoms with Crippen LogP contribution in [0.2, 0.25) is 0 Å². The predicted molar refractivity (Wildman–Crippen MR) is 99.4 cm³/mol. The van der Waals surface area contributed by atoms with Gasteiger partial charge < -0.3 is 10.6 Å². The number of carbonyl (C=O) groups excluding carboxylic acids is 2. The second-order valence-corrected chi connectivity index (χ2v) is 6.54. The summed E-state index contributed by atoms with van der Waals surface area (Å²) >= 11 is 0. The molecule has 26 heavy (non-hydrogen) atoms. The number of nitriles is 1. The Labute approximate surface area is 153 Å². The smallest absolute Gasteiger partial charge is 0.313 e. The molecule has 3 rings (SSSR count). The quantitative estimate of drug-likeness (QED) is 0.836. The van der Waals surface area contributed by atoms with Crippen molar-refractivity contribution in [3.05, 3.63) is 64.7 Å². The molecule has 0 aromatic heterocycles. The lowest BCUT2D eigenvalue weighted by Crippen LogP contribution is -2.37. The Morgan fingerprint density at radius 3 is 2.54 bits per heavy atom. The number of nitrogens with zero attached hydrogens (tertiary/aromatic N) is 1. The number of aryl methyl sites for hydroxylation is 2. The van der Waals surface area contributed by atoms with Crippen molar-refractivity contribution < 1.29 is 9.59 Å². The van der Waals surface area contributed by atoms with E-state index in [9.17, 15) is 9.59 Å². The highest BCUT2D eigenvalue weighted by atomic mass is 16.2. The number of para-hydroxylation sites is 1. The number of hydrogen-bond donors (Lipinski definition) is 2. The van der Waals surface area contributed by atoms with E-state index in [4.69, 9.17) is 5.26 Å². The van der Waals surface area contributed by atoms with Gasteiger partial charge in [-0.2, -0.15) is 5.26 Å². The molecule has 1 aliphatic rings. The number of rotatable bonds is 3. The molecule has 1 unspecified atom stereocenters. The minimum Gasteiger partial charge on any atom is -0.341 e. The maximum atomic E-state index is 12.2. The molecule has 0 spiro atoms. The lowest BCUT2D eigenvalue weighted by Gasteiger charge is -2.20. The number of anilines is 1. The van der Waals surface area contributed by atoms with Gasteiger partial charge in [0.25, 0.3) is 0 Å². The molecule has 0 aliphatic heterocycles. The largest absolute Gasteiger partial charge is 0.341 e. The van der Waals surface area contributed by atoms with E-state index in [1.807, 2.05) is 19.1 Å². The van der Waals surface area contributed by atoms with Crippen molar-refractivity contribution in [1.82, 2.24) is 5.32 Å². The number of nitrogens with one attached hydrogen (secondary N) is 2. The second kappa shape index (κ2) is 7.83. The fourth-order valence-corrected chi connectivity index (χ4v) is 3.24. The van der Waals surface area contributed by atoms with Crippen molar-refractivity contribution in [3.8, 4) is 6.07 Å². The van der Waals surface area contributed by atoms with Crippen LogP contribution in [0.25, 0.3) is 0 Å². The molecule has 2 aromatic carbocycles. The van der Waals surface area contributed by atoms with Crippen molar-refractivity contribution in [2.75, 3.05) is 5.32 Å². The molecule has 2 N–H and O–H groups in total. The predicted octanol–water partition coefficient (Wildman–Crippen LogP) is 3.25. The summed E-state index contributed by atoms with van der Waals surface area (Å²) in [5.74, 6) is -1.50. The highest BCUT2D eigenvalue weighted by Gasteiger charge is 2.19. The minimum atomic E-state index is -0.780. The summed E-state index contributed by atoms with van der Waals surface area (Å²) in [4.78, 5) is 24.4. The lowest BCUT2D eigenvalue weighted by molar-refractivity contribution is -0.136. The Morgan fingerprint density at radius 1 is 1.04 bits per heavy atom. The Kier molecular flexibility index (Phi) is 5.33. The van der Waals surface area contributed by atoms with Crippen LogP contribution in [0.5, 0.6) is 0 Å². The van der Waals surface area contributed by atoms with Gasteiger partial charge in [0.2, 0.25) is 0 Å². The highest BCUT2D eigenvalue weighted by Crippen LogP contribution is 2.24. The third-order valence-corrected chi connectivity index (χ3v) is 4.72. The van der Waals surface area contributed by atoms with Crippen LogP contribution in [0.4, 0.5) is 5.69 Å². The van der Waals surface area contributed by atoms with E-state index in [-0.39, 0.29) is 6.04 Å². The van der Waals surface area contributed by atoms with Gasteiger partial charge in [-0.25, -0.2) is 0 Å². The van der Waals surface area contributed by atoms with Gasteiger partial charge >= 0.3 is 11.8 Å². The van der Waals surface area contributed by atoms with E-state index >= 15 is 0 Å².